The summed E-state index contributed by atoms with van der Waals surface area (Å²) in [5, 5.41) is 9.12. The number of aliphatic carboxylic acids is 1. The number of benzene rings is 1. The molecule has 1 spiro atoms. The van der Waals surface area contributed by atoms with E-state index in [1.54, 1.807) is 4.90 Å². The largest absolute Gasteiger partial charge is 0.481 e. The minimum absolute atomic E-state index is 0.0432. The highest BCUT2D eigenvalue weighted by molar-refractivity contribution is 9.10. The number of hydrogen-bond donors (Lipinski definition) is 1. The Morgan fingerprint density at radius 3 is 2.46 bits per heavy atom. The third-order valence-corrected chi connectivity index (χ3v) is 5.94. The van der Waals surface area contributed by atoms with Gasteiger partial charge < -0.3 is 14.7 Å². The number of carboxylic acid groups (broad SMARTS) is 1. The number of nitrogens with zero attached hydrogens (tertiary/aromatic N) is 1. The molecule has 1 atom stereocenters. The standard InChI is InChI=1S/C18H22BrNO4/c1-12(13-2-4-15(19)5-3-13)20-11-10-18(24-17(20)23)8-6-14(7-9-18)16(21)22/h2-5,12,14H,6-11H2,1H3,(H,21,22)/t12-,14?,18?/m0/s1. The predicted octanol–water partition coefficient (Wildman–Crippen LogP) is 4.37. The van der Waals surface area contributed by atoms with E-state index in [1.165, 1.54) is 0 Å². The summed E-state index contributed by atoms with van der Waals surface area (Å²) in [6.45, 7) is 2.65. The van der Waals surface area contributed by atoms with E-state index in [1.807, 2.05) is 31.2 Å². The van der Waals surface area contributed by atoms with Crippen LogP contribution in [0.1, 0.15) is 50.6 Å². The Bertz CT molecular complexity index is 622. The molecule has 1 aliphatic carbocycles. The first-order valence-electron chi connectivity index (χ1n) is 8.38. The number of rotatable bonds is 3. The van der Waals surface area contributed by atoms with Crippen molar-refractivity contribution in [1.29, 1.82) is 0 Å². The second-order valence-electron chi connectivity index (χ2n) is 6.83. The van der Waals surface area contributed by atoms with E-state index in [4.69, 9.17) is 9.84 Å². The average Bonchev–Trinajstić information content (AvgIpc) is 2.55. The van der Waals surface area contributed by atoms with Gasteiger partial charge in [0, 0.05) is 17.4 Å². The van der Waals surface area contributed by atoms with Gasteiger partial charge in [0.15, 0.2) is 0 Å². The lowest BCUT2D eigenvalue weighted by molar-refractivity contribution is -0.146. The summed E-state index contributed by atoms with van der Waals surface area (Å²) in [5.41, 5.74) is 0.611. The van der Waals surface area contributed by atoms with Crippen molar-refractivity contribution in [3.05, 3.63) is 34.3 Å². The molecule has 2 aliphatic rings. The van der Waals surface area contributed by atoms with Crippen LogP contribution in [0.4, 0.5) is 4.79 Å². The first-order chi connectivity index (χ1) is 11.4. The summed E-state index contributed by atoms with van der Waals surface area (Å²) in [6, 6.07) is 7.90. The van der Waals surface area contributed by atoms with Crippen molar-refractivity contribution >= 4 is 28.0 Å². The van der Waals surface area contributed by atoms with Gasteiger partial charge in [0.25, 0.3) is 0 Å². The number of carbonyl (C=O) groups is 2. The molecule has 24 heavy (non-hydrogen) atoms. The highest BCUT2D eigenvalue weighted by Crippen LogP contribution is 2.41. The quantitative estimate of drug-likeness (QED) is 0.824. The lowest BCUT2D eigenvalue weighted by atomic mass is 9.76. The minimum Gasteiger partial charge on any atom is -0.481 e. The minimum atomic E-state index is -0.738. The van der Waals surface area contributed by atoms with Crippen LogP contribution in [0, 0.1) is 5.92 Å². The molecule has 130 valence electrons. The first kappa shape index (κ1) is 17.3. The smallest absolute Gasteiger partial charge is 0.410 e. The van der Waals surface area contributed by atoms with Crippen LogP contribution in [0.5, 0.6) is 0 Å². The van der Waals surface area contributed by atoms with E-state index in [-0.39, 0.29) is 18.1 Å². The lowest BCUT2D eigenvalue weighted by Crippen LogP contribution is -2.52. The zero-order valence-electron chi connectivity index (χ0n) is 13.7. The number of amides is 1. The van der Waals surface area contributed by atoms with Crippen LogP contribution < -0.4 is 0 Å². The first-order valence-corrected chi connectivity index (χ1v) is 9.17. The maximum atomic E-state index is 12.5. The Morgan fingerprint density at radius 1 is 1.29 bits per heavy atom. The molecule has 1 saturated heterocycles. The summed E-state index contributed by atoms with van der Waals surface area (Å²) >= 11 is 3.42. The normalized spacial score (nSPS) is 28.5. The summed E-state index contributed by atoms with van der Waals surface area (Å²) in [4.78, 5) is 25.4. The van der Waals surface area contributed by atoms with E-state index >= 15 is 0 Å². The molecule has 1 amide bonds. The maximum absolute atomic E-state index is 12.5. The second-order valence-corrected chi connectivity index (χ2v) is 7.75. The molecule has 0 aromatic heterocycles. The van der Waals surface area contributed by atoms with Crippen molar-refractivity contribution in [3.63, 3.8) is 0 Å². The van der Waals surface area contributed by atoms with Gasteiger partial charge in [0.2, 0.25) is 0 Å². The fourth-order valence-electron chi connectivity index (χ4n) is 3.73. The number of carbonyl (C=O) groups excluding carboxylic acids is 1. The Kier molecular flexibility index (Phi) is 4.85. The van der Waals surface area contributed by atoms with Gasteiger partial charge in [-0.25, -0.2) is 4.79 Å². The van der Waals surface area contributed by atoms with E-state index in [2.05, 4.69) is 15.9 Å². The molecule has 1 saturated carbocycles. The zero-order chi connectivity index (χ0) is 17.3. The van der Waals surface area contributed by atoms with Gasteiger partial charge in [-0.15, -0.1) is 0 Å². The van der Waals surface area contributed by atoms with E-state index in [0.717, 1.165) is 16.5 Å². The van der Waals surface area contributed by atoms with Crippen molar-refractivity contribution in [2.45, 2.75) is 50.7 Å². The number of ether oxygens (including phenoxy) is 1. The molecular weight excluding hydrogens is 374 g/mol. The molecule has 1 aliphatic heterocycles. The molecule has 5 nitrogen and oxygen atoms in total. The molecular formula is C18H22BrNO4. The molecule has 0 unspecified atom stereocenters. The Morgan fingerprint density at radius 2 is 1.92 bits per heavy atom. The molecule has 0 bridgehead atoms. The monoisotopic (exact) mass is 395 g/mol. The third kappa shape index (κ3) is 3.43. The van der Waals surface area contributed by atoms with Crippen LogP contribution in [0.3, 0.4) is 0 Å². The van der Waals surface area contributed by atoms with Crippen LogP contribution in [0.25, 0.3) is 0 Å². The predicted molar refractivity (Wildman–Crippen MR) is 92.7 cm³/mol. The van der Waals surface area contributed by atoms with Gasteiger partial charge in [-0.3, -0.25) is 4.79 Å². The number of halogens is 1. The van der Waals surface area contributed by atoms with Crippen molar-refractivity contribution in [2.24, 2.45) is 5.92 Å². The lowest BCUT2D eigenvalue weighted by Gasteiger charge is -2.45. The van der Waals surface area contributed by atoms with Crippen molar-refractivity contribution in [1.82, 2.24) is 4.90 Å². The Labute approximate surface area is 150 Å². The molecule has 1 N–H and O–H groups in total. The topological polar surface area (TPSA) is 66.8 Å². The summed E-state index contributed by atoms with van der Waals surface area (Å²) in [5.74, 6) is -1.04. The SMILES string of the molecule is C[C@@H](c1ccc(Br)cc1)N1CCC2(CCC(C(=O)O)CC2)OC1=O. The molecule has 1 aromatic rings. The summed E-state index contributed by atoms with van der Waals surface area (Å²) in [6.07, 6.45) is 2.96. The van der Waals surface area contributed by atoms with Gasteiger partial charge in [0.05, 0.1) is 12.0 Å². The van der Waals surface area contributed by atoms with Crippen LogP contribution in [0.2, 0.25) is 0 Å². The molecule has 1 aromatic carbocycles. The number of carboxylic acids is 1. The Hall–Kier alpha value is -1.56. The van der Waals surface area contributed by atoms with Gasteiger partial charge >= 0.3 is 12.1 Å². The van der Waals surface area contributed by atoms with E-state index in [9.17, 15) is 9.59 Å². The molecule has 3 rings (SSSR count). The second kappa shape index (κ2) is 6.75. The molecule has 6 heteroatoms. The van der Waals surface area contributed by atoms with Crippen molar-refractivity contribution < 1.29 is 19.4 Å². The highest BCUT2D eigenvalue weighted by Gasteiger charge is 2.45. The van der Waals surface area contributed by atoms with Crippen LogP contribution in [-0.2, 0) is 9.53 Å². The van der Waals surface area contributed by atoms with Gasteiger partial charge in [-0.05, 0) is 50.3 Å². The zero-order valence-corrected chi connectivity index (χ0v) is 15.3. The third-order valence-electron chi connectivity index (χ3n) is 5.41. The van der Waals surface area contributed by atoms with Gasteiger partial charge in [-0.1, -0.05) is 28.1 Å². The van der Waals surface area contributed by atoms with E-state index in [0.29, 0.717) is 32.2 Å². The van der Waals surface area contributed by atoms with Crippen molar-refractivity contribution in [2.75, 3.05) is 6.54 Å². The fourth-order valence-corrected chi connectivity index (χ4v) is 3.99. The fraction of sp³-hybridized carbons (Fsp3) is 0.556. The number of hydrogen-bond acceptors (Lipinski definition) is 3. The molecule has 1 heterocycles. The van der Waals surface area contributed by atoms with Crippen LogP contribution in [-0.4, -0.2) is 34.2 Å². The van der Waals surface area contributed by atoms with Crippen molar-refractivity contribution in [3.8, 4) is 0 Å². The molecule has 2 fully saturated rings. The molecule has 0 radical (unpaired) electrons. The highest BCUT2D eigenvalue weighted by atomic mass is 79.9. The summed E-state index contributed by atoms with van der Waals surface area (Å²) < 4.78 is 6.81. The van der Waals surface area contributed by atoms with Crippen LogP contribution >= 0.6 is 15.9 Å². The summed E-state index contributed by atoms with van der Waals surface area (Å²) in [7, 11) is 0. The Balaban J connectivity index is 1.64. The van der Waals surface area contributed by atoms with E-state index < -0.39 is 11.6 Å². The maximum Gasteiger partial charge on any atom is 0.410 e. The van der Waals surface area contributed by atoms with Crippen LogP contribution in [0.15, 0.2) is 28.7 Å². The average molecular weight is 396 g/mol. The van der Waals surface area contributed by atoms with Gasteiger partial charge in [0.1, 0.15) is 5.60 Å². The van der Waals surface area contributed by atoms with Gasteiger partial charge in [-0.2, -0.15) is 0 Å².